The topological polar surface area (TPSA) is 34.0 Å². The Labute approximate surface area is 136 Å². The van der Waals surface area contributed by atoms with Crippen LogP contribution in [-0.2, 0) is 6.54 Å². The van der Waals surface area contributed by atoms with Gasteiger partial charge in [-0.15, -0.1) is 0 Å². The number of nitrogens with zero attached hydrogens (tertiary/aromatic N) is 4. The lowest BCUT2D eigenvalue weighted by Gasteiger charge is -2.23. The van der Waals surface area contributed by atoms with Gasteiger partial charge in [0.05, 0.1) is 5.25 Å². The van der Waals surface area contributed by atoms with E-state index in [0.29, 0.717) is 5.25 Å². The third-order valence-corrected chi connectivity index (χ3v) is 6.30. The predicted molar refractivity (Wildman–Crippen MR) is 92.2 cm³/mol. The van der Waals surface area contributed by atoms with Crippen LogP contribution in [0.4, 0.5) is 0 Å². The molecular formula is C17H24N4S. The van der Waals surface area contributed by atoms with Crippen LogP contribution in [-0.4, -0.2) is 45.3 Å². The Hall–Kier alpha value is -1.07. The van der Waals surface area contributed by atoms with Crippen molar-refractivity contribution in [3.8, 4) is 0 Å². The summed E-state index contributed by atoms with van der Waals surface area (Å²) in [5.74, 6) is 3.28. The quantitative estimate of drug-likeness (QED) is 0.870. The first-order valence-corrected chi connectivity index (χ1v) is 9.47. The zero-order chi connectivity index (χ0) is 14.9. The second-order valence-corrected chi connectivity index (χ2v) is 8.01. The van der Waals surface area contributed by atoms with Gasteiger partial charge in [0.1, 0.15) is 11.3 Å². The number of imidazole rings is 1. The molecule has 2 aromatic heterocycles. The second-order valence-electron chi connectivity index (χ2n) is 6.70. The van der Waals surface area contributed by atoms with Crippen LogP contribution in [0.2, 0.25) is 0 Å². The minimum Gasteiger partial charge on any atom is -0.311 e. The minimum atomic E-state index is 0.557. The third kappa shape index (κ3) is 2.76. The number of thioether (sulfide) groups is 1. The number of likely N-dealkylation sites (tertiary alicyclic amines) is 1. The summed E-state index contributed by atoms with van der Waals surface area (Å²) in [5, 5.41) is 0.557. The Morgan fingerprint density at radius 1 is 1.32 bits per heavy atom. The fourth-order valence-corrected chi connectivity index (χ4v) is 5.10. The van der Waals surface area contributed by atoms with Crippen LogP contribution >= 0.6 is 11.8 Å². The Morgan fingerprint density at radius 3 is 3.05 bits per heavy atom. The molecule has 0 N–H and O–H groups in total. The third-order valence-electron chi connectivity index (χ3n) is 4.93. The Balaban J connectivity index is 1.69. The first-order valence-electron chi connectivity index (χ1n) is 8.42. The van der Waals surface area contributed by atoms with Crippen LogP contribution in [0, 0.1) is 5.92 Å². The monoisotopic (exact) mass is 316 g/mol. The summed E-state index contributed by atoms with van der Waals surface area (Å²) in [6.45, 7) is 3.49. The molecule has 4 rings (SSSR count). The van der Waals surface area contributed by atoms with Crippen LogP contribution in [0.25, 0.3) is 11.2 Å². The minimum absolute atomic E-state index is 0.557. The van der Waals surface area contributed by atoms with Crippen molar-refractivity contribution in [3.63, 3.8) is 0 Å². The first-order chi connectivity index (χ1) is 10.8. The molecule has 0 amide bonds. The lowest BCUT2D eigenvalue weighted by molar-refractivity contribution is 0.376. The molecule has 0 spiro atoms. The molecule has 0 aromatic carbocycles. The van der Waals surface area contributed by atoms with Crippen molar-refractivity contribution < 1.29 is 0 Å². The highest BCUT2D eigenvalue weighted by molar-refractivity contribution is 7.99. The van der Waals surface area contributed by atoms with E-state index in [9.17, 15) is 0 Å². The molecule has 0 radical (unpaired) electrons. The maximum Gasteiger partial charge on any atom is 0.160 e. The zero-order valence-electron chi connectivity index (χ0n) is 13.2. The highest BCUT2D eigenvalue weighted by Crippen LogP contribution is 2.39. The molecule has 2 saturated heterocycles. The standard InChI is InChI=1S/C17H24N4S/c1-20-9-7-13(11-20)12-21-16-14(5-4-8-18-16)19-17(21)15-6-2-3-10-22-15/h4-5,8,13,15H,2-3,6-7,9-12H2,1H3. The van der Waals surface area contributed by atoms with Gasteiger partial charge in [-0.2, -0.15) is 11.8 Å². The van der Waals surface area contributed by atoms with Gasteiger partial charge in [0.15, 0.2) is 5.65 Å². The van der Waals surface area contributed by atoms with Gasteiger partial charge in [0.25, 0.3) is 0 Å². The number of hydrogen-bond donors (Lipinski definition) is 0. The van der Waals surface area contributed by atoms with Crippen molar-refractivity contribution >= 4 is 22.9 Å². The molecule has 4 heterocycles. The van der Waals surface area contributed by atoms with Crippen molar-refractivity contribution in [2.45, 2.75) is 37.5 Å². The normalized spacial score (nSPS) is 26.8. The van der Waals surface area contributed by atoms with Gasteiger partial charge in [-0.3, -0.25) is 0 Å². The van der Waals surface area contributed by atoms with Crippen LogP contribution < -0.4 is 0 Å². The van der Waals surface area contributed by atoms with E-state index in [1.807, 2.05) is 12.3 Å². The molecule has 5 heteroatoms. The molecule has 2 fully saturated rings. The Morgan fingerprint density at radius 2 is 2.27 bits per heavy atom. The fourth-order valence-electron chi connectivity index (χ4n) is 3.78. The highest BCUT2D eigenvalue weighted by atomic mass is 32.2. The second kappa shape index (κ2) is 6.20. The molecule has 2 aliphatic rings. The largest absolute Gasteiger partial charge is 0.311 e. The Bertz CT molecular complexity index is 647. The average Bonchev–Trinajstić information content (AvgIpc) is 3.13. The summed E-state index contributed by atoms with van der Waals surface area (Å²) in [4.78, 5) is 12.0. The smallest absolute Gasteiger partial charge is 0.160 e. The molecule has 0 aliphatic carbocycles. The van der Waals surface area contributed by atoms with Crippen molar-refractivity contribution in [1.29, 1.82) is 0 Å². The summed E-state index contributed by atoms with van der Waals surface area (Å²) in [6.07, 6.45) is 7.14. The Kier molecular flexibility index (Phi) is 4.09. The summed E-state index contributed by atoms with van der Waals surface area (Å²) in [7, 11) is 2.22. The van der Waals surface area contributed by atoms with Crippen LogP contribution in [0.1, 0.15) is 36.8 Å². The number of fused-ring (bicyclic) bond motifs is 1. The lowest BCUT2D eigenvalue weighted by atomic mass is 10.1. The summed E-state index contributed by atoms with van der Waals surface area (Å²) in [6, 6.07) is 4.11. The number of hydrogen-bond acceptors (Lipinski definition) is 4. The maximum atomic E-state index is 4.96. The van der Waals surface area contributed by atoms with Crippen LogP contribution in [0.15, 0.2) is 18.3 Å². The molecule has 2 unspecified atom stereocenters. The van der Waals surface area contributed by atoms with E-state index in [1.54, 1.807) is 0 Å². The SMILES string of the molecule is CN1CCC(Cn2c(C3CCCCS3)nc3cccnc32)C1. The van der Waals surface area contributed by atoms with Crippen molar-refractivity contribution in [1.82, 2.24) is 19.4 Å². The van der Waals surface area contributed by atoms with E-state index in [1.165, 1.54) is 50.4 Å². The molecular weight excluding hydrogens is 292 g/mol. The molecule has 22 heavy (non-hydrogen) atoms. The average molecular weight is 316 g/mol. The number of rotatable bonds is 3. The maximum absolute atomic E-state index is 4.96. The summed E-state index contributed by atoms with van der Waals surface area (Å²) < 4.78 is 2.43. The zero-order valence-corrected chi connectivity index (χ0v) is 14.1. The molecule has 4 nitrogen and oxygen atoms in total. The van der Waals surface area contributed by atoms with E-state index < -0.39 is 0 Å². The molecule has 118 valence electrons. The van der Waals surface area contributed by atoms with Crippen molar-refractivity contribution in [2.75, 3.05) is 25.9 Å². The van der Waals surface area contributed by atoms with E-state index in [-0.39, 0.29) is 0 Å². The summed E-state index contributed by atoms with van der Waals surface area (Å²) >= 11 is 2.08. The predicted octanol–water partition coefficient (Wildman–Crippen LogP) is 3.34. The van der Waals surface area contributed by atoms with E-state index >= 15 is 0 Å². The van der Waals surface area contributed by atoms with Crippen LogP contribution in [0.3, 0.4) is 0 Å². The van der Waals surface area contributed by atoms with E-state index in [2.05, 4.69) is 39.3 Å². The summed E-state index contributed by atoms with van der Waals surface area (Å²) in [5.41, 5.74) is 2.15. The lowest BCUT2D eigenvalue weighted by Crippen LogP contribution is -2.19. The van der Waals surface area contributed by atoms with Gasteiger partial charge in [-0.1, -0.05) is 6.42 Å². The van der Waals surface area contributed by atoms with Gasteiger partial charge in [-0.25, -0.2) is 9.97 Å². The van der Waals surface area contributed by atoms with E-state index in [0.717, 1.165) is 23.6 Å². The van der Waals surface area contributed by atoms with Crippen molar-refractivity contribution in [3.05, 3.63) is 24.2 Å². The molecule has 2 atom stereocenters. The van der Waals surface area contributed by atoms with Crippen LogP contribution in [0.5, 0.6) is 0 Å². The molecule has 2 aliphatic heterocycles. The number of pyridine rings is 1. The van der Waals surface area contributed by atoms with Gasteiger partial charge < -0.3 is 9.47 Å². The fraction of sp³-hybridized carbons (Fsp3) is 0.647. The first kappa shape index (κ1) is 14.5. The molecule has 0 bridgehead atoms. The molecule has 2 aromatic rings. The van der Waals surface area contributed by atoms with Gasteiger partial charge in [0, 0.05) is 19.3 Å². The van der Waals surface area contributed by atoms with E-state index in [4.69, 9.17) is 4.98 Å². The van der Waals surface area contributed by atoms with Gasteiger partial charge in [-0.05, 0) is 56.7 Å². The van der Waals surface area contributed by atoms with Gasteiger partial charge >= 0.3 is 0 Å². The molecule has 0 saturated carbocycles. The van der Waals surface area contributed by atoms with Crippen molar-refractivity contribution in [2.24, 2.45) is 5.92 Å². The van der Waals surface area contributed by atoms with Gasteiger partial charge in [0.2, 0.25) is 0 Å². The highest BCUT2D eigenvalue weighted by Gasteiger charge is 2.26. The number of aromatic nitrogens is 3.